The van der Waals surface area contributed by atoms with Gasteiger partial charge < -0.3 is 11.1 Å². The van der Waals surface area contributed by atoms with Crippen molar-refractivity contribution < 1.29 is 0 Å². The molecule has 1 aliphatic rings. The number of nitrogens with zero attached hydrogens (tertiary/aromatic N) is 2. The second kappa shape index (κ2) is 5.40. The summed E-state index contributed by atoms with van der Waals surface area (Å²) in [5.74, 6) is 2.82. The molecule has 1 saturated carbocycles. The van der Waals surface area contributed by atoms with Crippen LogP contribution in [0.2, 0.25) is 0 Å². The van der Waals surface area contributed by atoms with Gasteiger partial charge in [-0.25, -0.2) is 9.97 Å². The Balaban J connectivity index is 1.77. The minimum atomic E-state index is 0.506. The summed E-state index contributed by atoms with van der Waals surface area (Å²) in [4.78, 5) is 9.00. The molecule has 5 heteroatoms. The minimum Gasteiger partial charge on any atom is -0.383 e. The van der Waals surface area contributed by atoms with Gasteiger partial charge in [0, 0.05) is 22.5 Å². The third-order valence-corrected chi connectivity index (χ3v) is 4.05. The van der Waals surface area contributed by atoms with Crippen molar-refractivity contribution in [2.75, 3.05) is 11.1 Å². The molecule has 0 spiro atoms. The average molecular weight is 333 g/mol. The molecule has 3 N–H and O–H groups in total. The summed E-state index contributed by atoms with van der Waals surface area (Å²) in [6.45, 7) is 2.69. The fraction of sp³-hybridized carbons (Fsp3) is 0.333. The summed E-state index contributed by atoms with van der Waals surface area (Å²) >= 11 is 3.44. The summed E-state index contributed by atoms with van der Waals surface area (Å²) in [5.41, 5.74) is 8.11. The van der Waals surface area contributed by atoms with E-state index in [4.69, 9.17) is 5.73 Å². The molecule has 0 unspecified atom stereocenters. The minimum absolute atomic E-state index is 0.506. The molecule has 0 amide bonds. The van der Waals surface area contributed by atoms with Gasteiger partial charge in [-0.05, 0) is 37.5 Å². The number of hydrogen-bond acceptors (Lipinski definition) is 4. The van der Waals surface area contributed by atoms with Crippen LogP contribution in [0.1, 0.15) is 35.7 Å². The fourth-order valence-corrected chi connectivity index (χ4v) is 2.30. The van der Waals surface area contributed by atoms with Crippen molar-refractivity contribution >= 4 is 27.6 Å². The van der Waals surface area contributed by atoms with Crippen molar-refractivity contribution in [3.05, 3.63) is 45.7 Å². The Morgan fingerprint density at radius 3 is 2.60 bits per heavy atom. The SMILES string of the molecule is Cc1c(N)nc(C2CC2)nc1NCc1ccc(Br)cc1. The summed E-state index contributed by atoms with van der Waals surface area (Å²) in [6.07, 6.45) is 2.35. The molecule has 0 bridgehead atoms. The van der Waals surface area contributed by atoms with Gasteiger partial charge in [-0.1, -0.05) is 28.1 Å². The molecule has 0 atom stereocenters. The third kappa shape index (κ3) is 2.93. The van der Waals surface area contributed by atoms with Crippen LogP contribution < -0.4 is 11.1 Å². The number of halogens is 1. The molecule has 104 valence electrons. The van der Waals surface area contributed by atoms with E-state index in [2.05, 4.69) is 43.3 Å². The summed E-state index contributed by atoms with van der Waals surface area (Å²) < 4.78 is 1.08. The number of nitrogen functional groups attached to an aromatic ring is 1. The zero-order valence-electron chi connectivity index (χ0n) is 11.4. The number of anilines is 2. The first-order chi connectivity index (χ1) is 9.63. The smallest absolute Gasteiger partial charge is 0.136 e. The predicted octanol–water partition coefficient (Wildman–Crippen LogP) is 3.62. The standard InChI is InChI=1S/C15H17BrN4/c1-9-13(17)19-15(11-4-5-11)20-14(9)18-8-10-2-6-12(16)7-3-10/h2-3,6-7,11H,4-5,8H2,1H3,(H3,17,18,19,20). The lowest BCUT2D eigenvalue weighted by molar-refractivity contribution is 0.917. The zero-order valence-corrected chi connectivity index (χ0v) is 12.9. The monoisotopic (exact) mass is 332 g/mol. The maximum Gasteiger partial charge on any atom is 0.136 e. The third-order valence-electron chi connectivity index (χ3n) is 3.52. The van der Waals surface area contributed by atoms with Crippen molar-refractivity contribution in [2.24, 2.45) is 0 Å². The highest BCUT2D eigenvalue weighted by Crippen LogP contribution is 2.39. The van der Waals surface area contributed by atoms with Gasteiger partial charge in [0.25, 0.3) is 0 Å². The highest BCUT2D eigenvalue weighted by molar-refractivity contribution is 9.10. The van der Waals surface area contributed by atoms with E-state index in [9.17, 15) is 0 Å². The highest BCUT2D eigenvalue weighted by atomic mass is 79.9. The van der Waals surface area contributed by atoms with Crippen molar-refractivity contribution in [1.29, 1.82) is 0 Å². The first-order valence-electron chi connectivity index (χ1n) is 6.76. The maximum absolute atomic E-state index is 5.98. The van der Waals surface area contributed by atoms with Crippen molar-refractivity contribution in [2.45, 2.75) is 32.2 Å². The molecule has 20 heavy (non-hydrogen) atoms. The van der Waals surface area contributed by atoms with Gasteiger partial charge in [0.05, 0.1) is 0 Å². The van der Waals surface area contributed by atoms with Crippen LogP contribution in [0.15, 0.2) is 28.7 Å². The molecule has 1 heterocycles. The van der Waals surface area contributed by atoms with Crippen LogP contribution >= 0.6 is 15.9 Å². The molecule has 4 nitrogen and oxygen atoms in total. The Morgan fingerprint density at radius 1 is 1.25 bits per heavy atom. The number of aromatic nitrogens is 2. The summed E-state index contributed by atoms with van der Waals surface area (Å²) in [6, 6.07) is 8.24. The summed E-state index contributed by atoms with van der Waals surface area (Å²) in [7, 11) is 0. The Kier molecular flexibility index (Phi) is 3.61. The van der Waals surface area contributed by atoms with Gasteiger partial charge in [-0.3, -0.25) is 0 Å². The maximum atomic E-state index is 5.98. The van der Waals surface area contributed by atoms with E-state index in [1.807, 2.05) is 19.1 Å². The zero-order chi connectivity index (χ0) is 14.1. The number of hydrogen-bond donors (Lipinski definition) is 2. The molecule has 0 saturated heterocycles. The molecule has 0 aliphatic heterocycles. The lowest BCUT2D eigenvalue weighted by atomic mass is 10.2. The van der Waals surface area contributed by atoms with E-state index in [1.165, 1.54) is 18.4 Å². The Morgan fingerprint density at radius 2 is 1.95 bits per heavy atom. The largest absolute Gasteiger partial charge is 0.383 e. The number of nitrogens with two attached hydrogens (primary N) is 1. The van der Waals surface area contributed by atoms with Gasteiger partial charge in [-0.15, -0.1) is 0 Å². The lowest BCUT2D eigenvalue weighted by Crippen LogP contribution is -2.09. The van der Waals surface area contributed by atoms with Crippen molar-refractivity contribution in [3.8, 4) is 0 Å². The number of rotatable bonds is 4. The molecular formula is C15H17BrN4. The van der Waals surface area contributed by atoms with E-state index in [0.717, 1.165) is 28.2 Å². The van der Waals surface area contributed by atoms with E-state index >= 15 is 0 Å². The van der Waals surface area contributed by atoms with Crippen LogP contribution in [0.25, 0.3) is 0 Å². The van der Waals surface area contributed by atoms with Gasteiger partial charge in [0.15, 0.2) is 0 Å². The van der Waals surface area contributed by atoms with Crippen molar-refractivity contribution in [3.63, 3.8) is 0 Å². The Bertz CT molecular complexity index is 621. The van der Waals surface area contributed by atoms with Crippen molar-refractivity contribution in [1.82, 2.24) is 9.97 Å². The highest BCUT2D eigenvalue weighted by Gasteiger charge is 2.27. The predicted molar refractivity (Wildman–Crippen MR) is 84.6 cm³/mol. The molecule has 1 aromatic carbocycles. The molecule has 1 fully saturated rings. The van der Waals surface area contributed by atoms with E-state index in [1.54, 1.807) is 0 Å². The van der Waals surface area contributed by atoms with Crippen LogP contribution in [0.3, 0.4) is 0 Å². The topological polar surface area (TPSA) is 63.8 Å². The average Bonchev–Trinajstić information content (AvgIpc) is 3.26. The quantitative estimate of drug-likeness (QED) is 0.897. The van der Waals surface area contributed by atoms with Crippen LogP contribution in [0.4, 0.5) is 11.6 Å². The van der Waals surface area contributed by atoms with Gasteiger partial charge in [0.1, 0.15) is 17.5 Å². The fourth-order valence-electron chi connectivity index (χ4n) is 2.04. The van der Waals surface area contributed by atoms with Crippen LogP contribution in [0.5, 0.6) is 0 Å². The molecule has 1 aromatic heterocycles. The molecule has 0 radical (unpaired) electrons. The number of benzene rings is 1. The second-order valence-electron chi connectivity index (χ2n) is 5.19. The molecule has 2 aromatic rings. The molecule has 3 rings (SSSR count). The van der Waals surface area contributed by atoms with Crippen LogP contribution in [-0.4, -0.2) is 9.97 Å². The first kappa shape index (κ1) is 13.4. The normalized spacial score (nSPS) is 14.3. The van der Waals surface area contributed by atoms with E-state index in [-0.39, 0.29) is 0 Å². The van der Waals surface area contributed by atoms with Crippen LogP contribution in [-0.2, 0) is 6.54 Å². The Labute approximate surface area is 127 Å². The first-order valence-corrected chi connectivity index (χ1v) is 7.55. The molecular weight excluding hydrogens is 316 g/mol. The summed E-state index contributed by atoms with van der Waals surface area (Å²) in [5, 5.41) is 3.37. The molecule has 1 aliphatic carbocycles. The lowest BCUT2D eigenvalue weighted by Gasteiger charge is -2.12. The number of nitrogens with one attached hydrogen (secondary N) is 1. The Hall–Kier alpha value is -1.62. The van der Waals surface area contributed by atoms with Crippen LogP contribution in [0, 0.1) is 6.92 Å². The van der Waals surface area contributed by atoms with E-state index in [0.29, 0.717) is 11.7 Å². The van der Waals surface area contributed by atoms with Gasteiger partial charge >= 0.3 is 0 Å². The van der Waals surface area contributed by atoms with Gasteiger partial charge in [-0.2, -0.15) is 0 Å². The second-order valence-corrected chi connectivity index (χ2v) is 6.11. The van der Waals surface area contributed by atoms with E-state index < -0.39 is 0 Å². The van der Waals surface area contributed by atoms with Gasteiger partial charge in [0.2, 0.25) is 0 Å².